The van der Waals surface area contributed by atoms with Gasteiger partial charge in [0.25, 0.3) is 0 Å². The molecule has 0 saturated carbocycles. The summed E-state index contributed by atoms with van der Waals surface area (Å²) < 4.78 is 1.68. The summed E-state index contributed by atoms with van der Waals surface area (Å²) in [7, 11) is 0. The Morgan fingerprint density at radius 2 is 1.81 bits per heavy atom. The molecule has 2 N–H and O–H groups in total. The highest BCUT2D eigenvalue weighted by molar-refractivity contribution is 5.30. The van der Waals surface area contributed by atoms with Crippen molar-refractivity contribution < 1.29 is 0 Å². The quantitative estimate of drug-likeness (QED) is 0.791. The molecule has 3 rings (SSSR count). The molecule has 0 fully saturated rings. The van der Waals surface area contributed by atoms with Crippen LogP contribution in [0, 0.1) is 13.8 Å². The Hall–Kier alpha value is -2.76. The lowest BCUT2D eigenvalue weighted by molar-refractivity contribution is 0.775. The second-order valence-electron chi connectivity index (χ2n) is 4.88. The Labute approximate surface area is 122 Å². The maximum Gasteiger partial charge on any atom is 0.240 e. The number of hydrogen-bond acceptors (Lipinski definition) is 5. The van der Waals surface area contributed by atoms with E-state index in [0.717, 1.165) is 17.1 Å². The van der Waals surface area contributed by atoms with Gasteiger partial charge in [-0.2, -0.15) is 9.67 Å². The molecule has 0 amide bonds. The van der Waals surface area contributed by atoms with E-state index < -0.39 is 0 Å². The van der Waals surface area contributed by atoms with Crippen LogP contribution in [0.4, 0.5) is 5.95 Å². The predicted molar refractivity (Wildman–Crippen MR) is 80.1 cm³/mol. The van der Waals surface area contributed by atoms with Gasteiger partial charge in [0.2, 0.25) is 5.95 Å². The SMILES string of the molecule is Cc1cc(-n2nc(N)nc2Cc2ccccc2)nc(C)n1. The lowest BCUT2D eigenvalue weighted by atomic mass is 10.1. The van der Waals surface area contributed by atoms with Gasteiger partial charge >= 0.3 is 0 Å². The zero-order chi connectivity index (χ0) is 14.8. The normalized spacial score (nSPS) is 10.8. The number of nitrogens with two attached hydrogens (primary N) is 1. The molecule has 0 aliphatic carbocycles. The Morgan fingerprint density at radius 1 is 1.05 bits per heavy atom. The summed E-state index contributed by atoms with van der Waals surface area (Å²) in [6, 6.07) is 11.9. The fraction of sp³-hybridized carbons (Fsp3) is 0.200. The molecule has 6 nitrogen and oxygen atoms in total. The van der Waals surface area contributed by atoms with Crippen molar-refractivity contribution >= 4 is 5.95 Å². The first-order valence-electron chi connectivity index (χ1n) is 6.70. The summed E-state index contributed by atoms with van der Waals surface area (Å²) in [6.45, 7) is 3.78. The van der Waals surface area contributed by atoms with E-state index in [2.05, 4.69) is 20.1 Å². The summed E-state index contributed by atoms with van der Waals surface area (Å²) in [5.74, 6) is 2.39. The van der Waals surface area contributed by atoms with E-state index in [1.807, 2.05) is 50.2 Å². The molecule has 0 aliphatic rings. The van der Waals surface area contributed by atoms with Crippen LogP contribution in [-0.4, -0.2) is 24.7 Å². The van der Waals surface area contributed by atoms with Gasteiger partial charge in [-0.05, 0) is 19.4 Å². The molecule has 0 aliphatic heterocycles. The van der Waals surface area contributed by atoms with E-state index in [-0.39, 0.29) is 5.95 Å². The highest BCUT2D eigenvalue weighted by Gasteiger charge is 2.12. The molecule has 21 heavy (non-hydrogen) atoms. The van der Waals surface area contributed by atoms with E-state index in [9.17, 15) is 0 Å². The Bertz CT molecular complexity index is 743. The van der Waals surface area contributed by atoms with Gasteiger partial charge in [0.05, 0.1) is 0 Å². The fourth-order valence-corrected chi connectivity index (χ4v) is 2.24. The van der Waals surface area contributed by atoms with Crippen LogP contribution in [-0.2, 0) is 6.42 Å². The monoisotopic (exact) mass is 280 g/mol. The Kier molecular flexibility index (Phi) is 3.35. The molecule has 106 valence electrons. The summed E-state index contributed by atoms with van der Waals surface area (Å²) >= 11 is 0. The van der Waals surface area contributed by atoms with E-state index in [1.54, 1.807) is 4.68 Å². The smallest absolute Gasteiger partial charge is 0.240 e. The number of anilines is 1. The van der Waals surface area contributed by atoms with Gasteiger partial charge in [-0.15, -0.1) is 5.10 Å². The first kappa shape index (κ1) is 13.2. The third-order valence-electron chi connectivity index (χ3n) is 3.07. The molecule has 0 bridgehead atoms. The molecule has 0 radical (unpaired) electrons. The molecule has 2 heterocycles. The summed E-state index contributed by atoms with van der Waals surface area (Å²) in [4.78, 5) is 13.0. The van der Waals surface area contributed by atoms with Crippen molar-refractivity contribution in [3.05, 3.63) is 59.3 Å². The van der Waals surface area contributed by atoms with E-state index in [1.165, 1.54) is 0 Å². The Balaban J connectivity index is 2.03. The van der Waals surface area contributed by atoms with Gasteiger partial charge < -0.3 is 5.73 Å². The molecule has 0 unspecified atom stereocenters. The molecular weight excluding hydrogens is 264 g/mol. The molecule has 6 heteroatoms. The van der Waals surface area contributed by atoms with Crippen LogP contribution in [0.3, 0.4) is 0 Å². The van der Waals surface area contributed by atoms with Crippen LogP contribution in [0.5, 0.6) is 0 Å². The summed E-state index contributed by atoms with van der Waals surface area (Å²) in [5.41, 5.74) is 7.79. The highest BCUT2D eigenvalue weighted by Crippen LogP contribution is 2.14. The van der Waals surface area contributed by atoms with Crippen molar-refractivity contribution in [1.82, 2.24) is 24.7 Å². The molecule has 3 aromatic rings. The summed E-state index contributed by atoms with van der Waals surface area (Å²) in [6.07, 6.45) is 0.646. The predicted octanol–water partition coefficient (Wildman–Crippen LogP) is 1.85. The number of benzene rings is 1. The maximum absolute atomic E-state index is 5.76. The lowest BCUT2D eigenvalue weighted by Gasteiger charge is -2.06. The topological polar surface area (TPSA) is 82.5 Å². The minimum atomic E-state index is 0.245. The van der Waals surface area contributed by atoms with Crippen molar-refractivity contribution in [3.63, 3.8) is 0 Å². The standard InChI is InChI=1S/C15H16N6/c1-10-8-13(18-11(2)17-10)21-14(19-15(16)20-21)9-12-6-4-3-5-7-12/h3-8H,9H2,1-2H3,(H2,16,20). The van der Waals surface area contributed by atoms with Gasteiger partial charge in [0.15, 0.2) is 5.82 Å². The van der Waals surface area contributed by atoms with Crippen molar-refractivity contribution in [2.75, 3.05) is 5.73 Å². The van der Waals surface area contributed by atoms with Crippen LogP contribution in [0.25, 0.3) is 5.82 Å². The molecule has 0 spiro atoms. The third kappa shape index (κ3) is 2.89. The molecular formula is C15H16N6. The number of aryl methyl sites for hydroxylation is 2. The third-order valence-corrected chi connectivity index (χ3v) is 3.07. The van der Waals surface area contributed by atoms with Gasteiger partial charge in [0, 0.05) is 18.2 Å². The van der Waals surface area contributed by atoms with Crippen LogP contribution >= 0.6 is 0 Å². The van der Waals surface area contributed by atoms with Crippen molar-refractivity contribution in [1.29, 1.82) is 0 Å². The fourth-order valence-electron chi connectivity index (χ4n) is 2.24. The zero-order valence-electron chi connectivity index (χ0n) is 12.0. The lowest BCUT2D eigenvalue weighted by Crippen LogP contribution is -2.08. The van der Waals surface area contributed by atoms with Crippen LogP contribution in [0.2, 0.25) is 0 Å². The average Bonchev–Trinajstić information content (AvgIpc) is 2.80. The molecule has 0 saturated heterocycles. The second-order valence-corrected chi connectivity index (χ2v) is 4.88. The van der Waals surface area contributed by atoms with E-state index in [4.69, 9.17) is 5.73 Å². The minimum Gasteiger partial charge on any atom is -0.366 e. The number of nitrogen functional groups attached to an aromatic ring is 1. The van der Waals surface area contributed by atoms with Crippen molar-refractivity contribution in [2.24, 2.45) is 0 Å². The van der Waals surface area contributed by atoms with Crippen LogP contribution < -0.4 is 5.73 Å². The Morgan fingerprint density at radius 3 is 2.52 bits per heavy atom. The minimum absolute atomic E-state index is 0.245. The number of rotatable bonds is 3. The molecule has 1 aromatic carbocycles. The number of nitrogens with zero attached hydrogens (tertiary/aromatic N) is 5. The van der Waals surface area contributed by atoms with E-state index >= 15 is 0 Å². The van der Waals surface area contributed by atoms with Crippen LogP contribution in [0.1, 0.15) is 22.9 Å². The molecule has 2 aromatic heterocycles. The average molecular weight is 280 g/mol. The van der Waals surface area contributed by atoms with Gasteiger partial charge in [-0.1, -0.05) is 30.3 Å². The largest absolute Gasteiger partial charge is 0.366 e. The number of aromatic nitrogens is 5. The first-order chi connectivity index (χ1) is 10.1. The van der Waals surface area contributed by atoms with Gasteiger partial charge in [0.1, 0.15) is 11.6 Å². The first-order valence-corrected chi connectivity index (χ1v) is 6.70. The number of hydrogen-bond donors (Lipinski definition) is 1. The van der Waals surface area contributed by atoms with Crippen molar-refractivity contribution in [2.45, 2.75) is 20.3 Å². The molecule has 0 atom stereocenters. The van der Waals surface area contributed by atoms with E-state index in [0.29, 0.717) is 18.1 Å². The summed E-state index contributed by atoms with van der Waals surface area (Å²) in [5, 5.41) is 4.25. The second kappa shape index (κ2) is 5.32. The van der Waals surface area contributed by atoms with Gasteiger partial charge in [-0.25, -0.2) is 9.97 Å². The zero-order valence-corrected chi connectivity index (χ0v) is 12.0. The van der Waals surface area contributed by atoms with Crippen LogP contribution in [0.15, 0.2) is 36.4 Å². The maximum atomic E-state index is 5.76. The highest BCUT2D eigenvalue weighted by atomic mass is 15.4. The van der Waals surface area contributed by atoms with Gasteiger partial charge in [-0.3, -0.25) is 0 Å². The van der Waals surface area contributed by atoms with Crippen molar-refractivity contribution in [3.8, 4) is 5.82 Å².